The van der Waals surface area contributed by atoms with E-state index in [0.29, 0.717) is 6.10 Å². The van der Waals surface area contributed by atoms with E-state index in [2.05, 4.69) is 12.1 Å². The first-order chi connectivity index (χ1) is 7.70. The first-order valence-corrected chi connectivity index (χ1v) is 5.49. The minimum absolute atomic E-state index is 0.135. The molecule has 0 amide bonds. The molecule has 5 heteroatoms. The topological polar surface area (TPSA) is 72.8 Å². The van der Waals surface area contributed by atoms with Crippen molar-refractivity contribution in [2.45, 2.75) is 38.5 Å². The Kier molecular flexibility index (Phi) is 3.14. The number of hydrogen-bond acceptors (Lipinski definition) is 3. The molecular formula is C11H17N3O2. The zero-order chi connectivity index (χ0) is 11.5. The second-order valence-corrected chi connectivity index (χ2v) is 4.18. The van der Waals surface area contributed by atoms with Crippen LogP contribution in [0.1, 0.15) is 25.5 Å². The molecule has 0 aliphatic carbocycles. The van der Waals surface area contributed by atoms with E-state index in [-0.39, 0.29) is 11.9 Å². The van der Waals surface area contributed by atoms with Crippen molar-refractivity contribution in [3.63, 3.8) is 0 Å². The third-order valence-corrected chi connectivity index (χ3v) is 2.92. The molecule has 2 heterocycles. The van der Waals surface area contributed by atoms with Gasteiger partial charge in [-0.3, -0.25) is 0 Å². The summed E-state index contributed by atoms with van der Waals surface area (Å²) in [6.45, 7) is 2.84. The van der Waals surface area contributed by atoms with Crippen LogP contribution in [0.15, 0.2) is 23.5 Å². The van der Waals surface area contributed by atoms with Gasteiger partial charge in [-0.25, -0.2) is 0 Å². The van der Waals surface area contributed by atoms with E-state index < -0.39 is 0 Å². The molecule has 0 radical (unpaired) electrons. The van der Waals surface area contributed by atoms with Gasteiger partial charge < -0.3 is 20.2 Å². The molecule has 0 bridgehead atoms. The number of hydrogen-bond donors (Lipinski definition) is 2. The van der Waals surface area contributed by atoms with Crippen LogP contribution in [0.2, 0.25) is 0 Å². The molecule has 1 fully saturated rings. The normalized spacial score (nSPS) is 26.2. The molecule has 2 unspecified atom stereocenters. The van der Waals surface area contributed by atoms with E-state index in [1.165, 1.54) is 0 Å². The van der Waals surface area contributed by atoms with Crippen molar-refractivity contribution in [1.29, 1.82) is 0 Å². The van der Waals surface area contributed by atoms with Crippen LogP contribution in [0.5, 0.6) is 0 Å². The molecule has 88 valence electrons. The zero-order valence-electron chi connectivity index (χ0n) is 9.34. The molecule has 0 spiro atoms. The van der Waals surface area contributed by atoms with Crippen LogP contribution in [-0.4, -0.2) is 27.8 Å². The van der Waals surface area contributed by atoms with Crippen molar-refractivity contribution in [2.24, 2.45) is 10.9 Å². The molecule has 16 heavy (non-hydrogen) atoms. The Morgan fingerprint density at radius 3 is 3.12 bits per heavy atom. The number of amidine groups is 1. The largest absolute Gasteiger partial charge is 0.409 e. The summed E-state index contributed by atoms with van der Waals surface area (Å²) in [5, 5.41) is 11.7. The fraction of sp³-hybridized carbons (Fsp3) is 0.545. The van der Waals surface area contributed by atoms with E-state index in [1.54, 1.807) is 0 Å². The zero-order valence-corrected chi connectivity index (χ0v) is 9.34. The van der Waals surface area contributed by atoms with Gasteiger partial charge in [0.05, 0.1) is 17.9 Å². The van der Waals surface area contributed by atoms with Gasteiger partial charge in [0.1, 0.15) is 0 Å². The van der Waals surface area contributed by atoms with Gasteiger partial charge in [-0.15, -0.1) is 0 Å². The molecule has 0 aromatic carbocycles. The molecular weight excluding hydrogens is 206 g/mol. The summed E-state index contributed by atoms with van der Waals surface area (Å²) in [5.41, 5.74) is 6.31. The molecule has 0 saturated carbocycles. The molecule has 1 saturated heterocycles. The van der Waals surface area contributed by atoms with Crippen molar-refractivity contribution in [3.05, 3.63) is 24.0 Å². The summed E-state index contributed by atoms with van der Waals surface area (Å²) in [5.74, 6) is 0.135. The van der Waals surface area contributed by atoms with Gasteiger partial charge in [-0.1, -0.05) is 5.16 Å². The second kappa shape index (κ2) is 4.57. The summed E-state index contributed by atoms with van der Waals surface area (Å²) in [7, 11) is 0. The lowest BCUT2D eigenvalue weighted by Gasteiger charge is -2.14. The smallest absolute Gasteiger partial charge is 0.186 e. The van der Waals surface area contributed by atoms with E-state index in [0.717, 1.165) is 25.1 Å². The van der Waals surface area contributed by atoms with Crippen LogP contribution in [0.25, 0.3) is 0 Å². The Balaban J connectivity index is 2.07. The third kappa shape index (κ3) is 2.19. The maximum Gasteiger partial charge on any atom is 0.186 e. The Bertz CT molecular complexity index is 386. The second-order valence-electron chi connectivity index (χ2n) is 4.18. The Labute approximate surface area is 94.5 Å². The molecule has 5 nitrogen and oxygen atoms in total. The van der Waals surface area contributed by atoms with E-state index in [4.69, 9.17) is 15.7 Å². The maximum absolute atomic E-state index is 8.65. The van der Waals surface area contributed by atoms with Gasteiger partial charge in [0, 0.05) is 12.7 Å². The Morgan fingerprint density at radius 1 is 1.69 bits per heavy atom. The summed E-state index contributed by atoms with van der Waals surface area (Å²) in [6, 6.07) is 3.71. The molecule has 2 rings (SSSR count). The van der Waals surface area contributed by atoms with Gasteiger partial charge >= 0.3 is 0 Å². The monoisotopic (exact) mass is 223 g/mol. The highest BCUT2D eigenvalue weighted by atomic mass is 16.5. The molecule has 3 N–H and O–H groups in total. The highest BCUT2D eigenvalue weighted by Crippen LogP contribution is 2.21. The quantitative estimate of drug-likeness (QED) is 0.349. The first kappa shape index (κ1) is 11.0. The lowest BCUT2D eigenvalue weighted by molar-refractivity contribution is 0.0457. The first-order valence-electron chi connectivity index (χ1n) is 5.49. The van der Waals surface area contributed by atoms with E-state index >= 15 is 0 Å². The minimum atomic E-state index is 0.135. The average Bonchev–Trinajstić information content (AvgIpc) is 2.87. The summed E-state index contributed by atoms with van der Waals surface area (Å²) in [4.78, 5) is 0. The third-order valence-electron chi connectivity index (χ3n) is 2.92. The highest BCUT2D eigenvalue weighted by Gasteiger charge is 2.22. The number of nitrogens with zero attached hydrogens (tertiary/aromatic N) is 2. The van der Waals surface area contributed by atoms with Gasteiger partial charge in [-0.05, 0) is 31.9 Å². The highest BCUT2D eigenvalue weighted by molar-refractivity contribution is 5.95. The van der Waals surface area contributed by atoms with Crippen molar-refractivity contribution >= 4 is 5.84 Å². The molecule has 1 aliphatic rings. The Morgan fingerprint density at radius 2 is 2.50 bits per heavy atom. The van der Waals surface area contributed by atoms with Gasteiger partial charge in [0.15, 0.2) is 5.84 Å². The predicted octanol–water partition coefficient (Wildman–Crippen LogP) is 1.15. The Hall–Kier alpha value is -1.49. The lowest BCUT2D eigenvalue weighted by atomic mass is 10.2. The van der Waals surface area contributed by atoms with Crippen molar-refractivity contribution < 1.29 is 9.94 Å². The van der Waals surface area contributed by atoms with Crippen LogP contribution < -0.4 is 5.73 Å². The lowest BCUT2D eigenvalue weighted by Crippen LogP contribution is -2.23. The van der Waals surface area contributed by atoms with Gasteiger partial charge in [-0.2, -0.15) is 0 Å². The van der Waals surface area contributed by atoms with Gasteiger partial charge in [0.2, 0.25) is 0 Å². The van der Waals surface area contributed by atoms with Crippen molar-refractivity contribution in [1.82, 2.24) is 4.57 Å². The van der Waals surface area contributed by atoms with Gasteiger partial charge in [0.25, 0.3) is 0 Å². The molecule has 2 atom stereocenters. The van der Waals surface area contributed by atoms with Crippen molar-refractivity contribution in [2.75, 3.05) is 0 Å². The summed E-state index contributed by atoms with van der Waals surface area (Å²) >= 11 is 0. The fourth-order valence-corrected chi connectivity index (χ4v) is 2.10. The van der Waals surface area contributed by atoms with Crippen molar-refractivity contribution in [3.8, 4) is 0 Å². The van der Waals surface area contributed by atoms with E-state index in [1.807, 2.05) is 22.9 Å². The number of aromatic nitrogens is 1. The van der Waals surface area contributed by atoms with Crippen LogP contribution in [0.4, 0.5) is 0 Å². The van der Waals surface area contributed by atoms with Crippen LogP contribution >= 0.6 is 0 Å². The van der Waals surface area contributed by atoms with Crippen LogP contribution in [0, 0.1) is 0 Å². The van der Waals surface area contributed by atoms with Crippen LogP contribution in [0.3, 0.4) is 0 Å². The van der Waals surface area contributed by atoms with Crippen LogP contribution in [-0.2, 0) is 11.3 Å². The number of nitrogens with two attached hydrogens (primary N) is 1. The maximum atomic E-state index is 8.65. The number of rotatable bonds is 3. The fourth-order valence-electron chi connectivity index (χ4n) is 2.10. The number of ether oxygens (including phenoxy) is 1. The number of oxime groups is 1. The average molecular weight is 223 g/mol. The molecule has 1 aliphatic heterocycles. The summed E-state index contributed by atoms with van der Waals surface area (Å²) in [6.07, 6.45) is 4.65. The molecule has 1 aromatic rings. The molecule has 1 aromatic heterocycles. The minimum Gasteiger partial charge on any atom is -0.409 e. The summed E-state index contributed by atoms with van der Waals surface area (Å²) < 4.78 is 7.70. The SMILES string of the molecule is CC1CCC(Cn2cccc2/C(N)=N/O)O1. The predicted molar refractivity (Wildman–Crippen MR) is 60.5 cm³/mol. The standard InChI is InChI=1S/C11H17N3O2/c1-8-4-5-9(16-8)7-14-6-2-3-10(14)11(12)13-15/h2-3,6,8-9,15H,4-5,7H2,1H3,(H2,12,13). The van der Waals surface area contributed by atoms with E-state index in [9.17, 15) is 0 Å².